The van der Waals surface area contributed by atoms with Crippen molar-refractivity contribution < 1.29 is 4.42 Å². The third kappa shape index (κ3) is 7.41. The zero-order valence-electron chi connectivity index (χ0n) is 40.0. The molecule has 0 atom stereocenters. The fraction of sp³-hybridized carbons (Fsp3) is 0.121. The first-order chi connectivity index (χ1) is 33.5. The Labute approximate surface area is 408 Å². The maximum Gasteiger partial charge on any atom is 0.143 e. The summed E-state index contributed by atoms with van der Waals surface area (Å²) in [6, 6.07) is 78.3. The van der Waals surface area contributed by atoms with Crippen LogP contribution in [-0.2, 0) is 10.8 Å². The molecule has 2 nitrogen and oxygen atoms in total. The number of furan rings is 1. The van der Waals surface area contributed by atoms with Gasteiger partial charge >= 0.3 is 0 Å². The van der Waals surface area contributed by atoms with Gasteiger partial charge in [0.25, 0.3) is 0 Å². The van der Waals surface area contributed by atoms with Crippen molar-refractivity contribution >= 4 is 81.3 Å². The molecule has 3 heteroatoms. The number of nitrogens with zero attached hydrogens (tertiary/aromatic N) is 1. The average molecular weight is 908 g/mol. The second-order valence-corrected chi connectivity index (χ2v) is 21.6. The predicted molar refractivity (Wildman–Crippen MR) is 298 cm³/mol. The fourth-order valence-electron chi connectivity index (χ4n) is 10.4. The van der Waals surface area contributed by atoms with Crippen LogP contribution in [0.2, 0.25) is 0 Å². The highest BCUT2D eigenvalue weighted by atomic mass is 32.1. The molecule has 0 fully saturated rings. The molecule has 10 aromatic carbocycles. The predicted octanol–water partition coefficient (Wildman–Crippen LogP) is 19.8. The van der Waals surface area contributed by atoms with Crippen LogP contribution in [0.4, 0.5) is 17.1 Å². The number of anilines is 3. The number of para-hydroxylation sites is 4. The summed E-state index contributed by atoms with van der Waals surface area (Å²) in [5, 5.41) is 7.26. The first kappa shape index (κ1) is 42.6. The highest BCUT2D eigenvalue weighted by Gasteiger charge is 2.26. The van der Waals surface area contributed by atoms with Crippen LogP contribution in [0.5, 0.6) is 0 Å². The van der Waals surface area contributed by atoms with Crippen molar-refractivity contribution in [1.82, 2.24) is 0 Å². The van der Waals surface area contributed by atoms with Gasteiger partial charge in [-0.2, -0.15) is 0 Å². The van der Waals surface area contributed by atoms with Gasteiger partial charge in [-0.1, -0.05) is 211 Å². The van der Waals surface area contributed by atoms with Crippen molar-refractivity contribution in [2.24, 2.45) is 0 Å². The molecule has 0 spiro atoms. The first-order valence-electron chi connectivity index (χ1n) is 24.1. The van der Waals surface area contributed by atoms with Gasteiger partial charge in [-0.3, -0.25) is 0 Å². The molecule has 0 radical (unpaired) electrons. The molecule has 0 N–H and O–H groups in total. The quantitative estimate of drug-likeness (QED) is 0.158. The normalized spacial score (nSPS) is 12.2. The Morgan fingerprint density at radius 2 is 0.899 bits per heavy atom. The smallest absolute Gasteiger partial charge is 0.143 e. The van der Waals surface area contributed by atoms with Crippen molar-refractivity contribution in [3.05, 3.63) is 223 Å². The molecular weight excluding hydrogens is 855 g/mol. The lowest BCUT2D eigenvalue weighted by Crippen LogP contribution is -2.16. The van der Waals surface area contributed by atoms with E-state index in [-0.39, 0.29) is 10.8 Å². The summed E-state index contributed by atoms with van der Waals surface area (Å²) in [5.74, 6) is 0. The molecule has 0 amide bonds. The zero-order valence-corrected chi connectivity index (χ0v) is 40.8. The Morgan fingerprint density at radius 3 is 1.62 bits per heavy atom. The molecule has 2 heterocycles. The molecule has 12 rings (SSSR count). The fourth-order valence-corrected chi connectivity index (χ4v) is 11.6. The second-order valence-electron chi connectivity index (χ2n) is 20.5. The minimum Gasteiger partial charge on any atom is -0.455 e. The monoisotopic (exact) mass is 907 g/mol. The lowest BCUT2D eigenvalue weighted by atomic mass is 9.78. The Morgan fingerprint density at radius 1 is 0.377 bits per heavy atom. The first-order valence-corrected chi connectivity index (χ1v) is 24.9. The van der Waals surface area contributed by atoms with Crippen molar-refractivity contribution in [1.29, 1.82) is 0 Å². The Bertz CT molecular complexity index is 3910. The number of fused-ring (bicyclic) bond motifs is 7. The number of hydrogen-bond acceptors (Lipinski definition) is 3. The number of rotatable bonds is 7. The van der Waals surface area contributed by atoms with Crippen LogP contribution in [-0.4, -0.2) is 0 Å². The molecule has 0 bridgehead atoms. The largest absolute Gasteiger partial charge is 0.455 e. The van der Waals surface area contributed by atoms with E-state index < -0.39 is 0 Å². The van der Waals surface area contributed by atoms with Gasteiger partial charge in [0, 0.05) is 53.3 Å². The third-order valence-corrected chi connectivity index (χ3v) is 15.1. The molecule has 334 valence electrons. The number of hydrogen-bond donors (Lipinski definition) is 0. The summed E-state index contributed by atoms with van der Waals surface area (Å²) in [6.07, 6.45) is 0. The summed E-state index contributed by atoms with van der Waals surface area (Å²) in [4.78, 5) is 2.49. The summed E-state index contributed by atoms with van der Waals surface area (Å²) >= 11 is 1.86. The van der Waals surface area contributed by atoms with E-state index in [4.69, 9.17) is 4.42 Å². The van der Waals surface area contributed by atoms with E-state index >= 15 is 0 Å². The standard InChI is InChI=1S/C66H53NOS/c1-65(2,3)45-38-44(39-46(41-45)66(4,5)6)49-28-16-20-42-21-17-30-53(62(42)49)50-24-7-11-33-57(50)67(47-23-15-22-43(40-47)48-29-19-37-61-63(48)56-27-10-14-36-60(56)69-61)58-34-12-8-25-51(58)54-31-18-32-55-52-26-9-13-35-59(52)68-64(54)55/h7-41H,1-6H3. The van der Waals surface area contributed by atoms with E-state index in [2.05, 4.69) is 253 Å². The summed E-state index contributed by atoms with van der Waals surface area (Å²) in [7, 11) is 0. The van der Waals surface area contributed by atoms with E-state index in [9.17, 15) is 0 Å². The van der Waals surface area contributed by atoms with Crippen LogP contribution in [0.15, 0.2) is 217 Å². The van der Waals surface area contributed by atoms with Gasteiger partial charge in [0.05, 0.1) is 11.4 Å². The van der Waals surface area contributed by atoms with Crippen LogP contribution in [0.3, 0.4) is 0 Å². The van der Waals surface area contributed by atoms with Gasteiger partial charge in [-0.05, 0) is 103 Å². The lowest BCUT2D eigenvalue weighted by molar-refractivity contribution is 0.569. The van der Waals surface area contributed by atoms with Crippen molar-refractivity contribution in [3.8, 4) is 44.5 Å². The Hall–Kier alpha value is -7.72. The number of benzene rings is 10. The minimum atomic E-state index is -0.0206. The summed E-state index contributed by atoms with van der Waals surface area (Å²) in [5.41, 5.74) is 16.9. The molecule has 12 aromatic rings. The molecule has 0 aliphatic heterocycles. The van der Waals surface area contributed by atoms with Crippen molar-refractivity contribution in [3.63, 3.8) is 0 Å². The topological polar surface area (TPSA) is 16.4 Å². The van der Waals surface area contributed by atoms with Crippen LogP contribution in [0.1, 0.15) is 52.7 Å². The molecule has 0 aliphatic rings. The van der Waals surface area contributed by atoms with Gasteiger partial charge in [0.2, 0.25) is 0 Å². The van der Waals surface area contributed by atoms with Crippen molar-refractivity contribution in [2.75, 3.05) is 4.90 Å². The highest BCUT2D eigenvalue weighted by Crippen LogP contribution is 2.50. The lowest BCUT2D eigenvalue weighted by Gasteiger charge is -2.30. The second kappa shape index (κ2) is 16.5. The third-order valence-electron chi connectivity index (χ3n) is 14.0. The van der Waals surface area contributed by atoms with E-state index in [1.807, 2.05) is 17.4 Å². The summed E-state index contributed by atoms with van der Waals surface area (Å²) < 4.78 is 9.36. The average Bonchev–Trinajstić information content (AvgIpc) is 3.95. The van der Waals surface area contributed by atoms with Crippen LogP contribution in [0, 0.1) is 0 Å². The minimum absolute atomic E-state index is 0.0206. The molecule has 0 saturated heterocycles. The van der Waals surface area contributed by atoms with Gasteiger partial charge in [0.1, 0.15) is 11.2 Å². The highest BCUT2D eigenvalue weighted by molar-refractivity contribution is 7.25. The summed E-state index contributed by atoms with van der Waals surface area (Å²) in [6.45, 7) is 13.9. The number of thiophene rings is 1. The van der Waals surface area contributed by atoms with E-state index in [0.29, 0.717) is 0 Å². The van der Waals surface area contributed by atoms with E-state index in [1.165, 1.54) is 69.9 Å². The molecular formula is C66H53NOS. The SMILES string of the molecule is CC(C)(C)c1cc(-c2cccc3cccc(-c4ccccc4N(c4cccc(-c5cccc6sc7ccccc7c56)c4)c4ccccc4-c4cccc5c4oc4ccccc45)c23)cc(C(C)(C)C)c1. The maximum atomic E-state index is 6.77. The molecule has 0 aliphatic carbocycles. The maximum absolute atomic E-state index is 6.77. The Kier molecular flexibility index (Phi) is 10.2. The molecule has 0 saturated carbocycles. The van der Waals surface area contributed by atoms with Gasteiger partial charge in [-0.25, -0.2) is 0 Å². The Balaban J connectivity index is 1.13. The van der Waals surface area contributed by atoms with Gasteiger partial charge < -0.3 is 9.32 Å². The zero-order chi connectivity index (χ0) is 47.0. The van der Waals surface area contributed by atoms with E-state index in [1.54, 1.807) is 0 Å². The van der Waals surface area contributed by atoms with Crippen LogP contribution < -0.4 is 4.90 Å². The van der Waals surface area contributed by atoms with Crippen molar-refractivity contribution in [2.45, 2.75) is 52.4 Å². The molecule has 69 heavy (non-hydrogen) atoms. The van der Waals surface area contributed by atoms with Crippen LogP contribution >= 0.6 is 11.3 Å². The van der Waals surface area contributed by atoms with E-state index in [0.717, 1.165) is 55.7 Å². The molecule has 2 aromatic heterocycles. The molecule has 0 unspecified atom stereocenters. The van der Waals surface area contributed by atoms with Crippen LogP contribution in [0.25, 0.3) is 97.4 Å². The van der Waals surface area contributed by atoms with Gasteiger partial charge in [0.15, 0.2) is 0 Å². The van der Waals surface area contributed by atoms with Gasteiger partial charge in [-0.15, -0.1) is 11.3 Å².